The van der Waals surface area contributed by atoms with Crippen LogP contribution in [0.5, 0.6) is 0 Å². The summed E-state index contributed by atoms with van der Waals surface area (Å²) in [4.78, 5) is 0. The minimum Gasteiger partial charge on any atom is -0.466 e. The van der Waals surface area contributed by atoms with Crippen molar-refractivity contribution in [2.75, 3.05) is 14.2 Å². The van der Waals surface area contributed by atoms with Crippen LogP contribution in [0, 0.1) is 5.92 Å². The molecule has 0 rings (SSSR count). The number of ether oxygens (including phenoxy) is 2. The van der Waals surface area contributed by atoms with Gasteiger partial charge in [-0.1, -0.05) is 13.8 Å². The first kappa shape index (κ1) is 11.3. The molecule has 0 bridgehead atoms. The average molecular weight is 173 g/mol. The van der Waals surface area contributed by atoms with Crippen molar-refractivity contribution in [2.24, 2.45) is 5.92 Å². The van der Waals surface area contributed by atoms with Crippen LogP contribution in [-0.4, -0.2) is 20.3 Å². The quantitative estimate of drug-likeness (QED) is 0.609. The summed E-state index contributed by atoms with van der Waals surface area (Å²) in [5.74, 6) is -0.00958. The SMILES string of the molecule is COC([O])=C(C)[C@H](OC)C(C)C. The Morgan fingerprint density at radius 1 is 1.25 bits per heavy atom. The molecule has 0 heterocycles. The van der Waals surface area contributed by atoms with Gasteiger partial charge >= 0.3 is 5.95 Å². The van der Waals surface area contributed by atoms with Crippen molar-refractivity contribution < 1.29 is 14.6 Å². The minimum absolute atomic E-state index is 0.141. The van der Waals surface area contributed by atoms with Crippen molar-refractivity contribution in [3.05, 3.63) is 11.5 Å². The van der Waals surface area contributed by atoms with Gasteiger partial charge in [0.05, 0.1) is 13.2 Å². The lowest BCUT2D eigenvalue weighted by Crippen LogP contribution is -2.20. The highest BCUT2D eigenvalue weighted by Crippen LogP contribution is 2.17. The van der Waals surface area contributed by atoms with Crippen LogP contribution >= 0.6 is 0 Å². The van der Waals surface area contributed by atoms with Gasteiger partial charge in [-0.15, -0.1) is 0 Å². The van der Waals surface area contributed by atoms with Gasteiger partial charge in [-0.2, -0.15) is 0 Å². The van der Waals surface area contributed by atoms with E-state index in [1.165, 1.54) is 7.11 Å². The third kappa shape index (κ3) is 2.74. The van der Waals surface area contributed by atoms with E-state index < -0.39 is 0 Å². The first-order valence-corrected chi connectivity index (χ1v) is 3.99. The maximum absolute atomic E-state index is 11.1. The van der Waals surface area contributed by atoms with Crippen molar-refractivity contribution in [1.82, 2.24) is 0 Å². The molecule has 0 aromatic heterocycles. The zero-order valence-corrected chi connectivity index (χ0v) is 8.38. The number of hydrogen-bond donors (Lipinski definition) is 0. The summed E-state index contributed by atoms with van der Waals surface area (Å²) in [5.41, 5.74) is 0.620. The lowest BCUT2D eigenvalue weighted by atomic mass is 10.0. The van der Waals surface area contributed by atoms with E-state index in [4.69, 9.17) is 4.74 Å². The molecule has 3 nitrogen and oxygen atoms in total. The van der Waals surface area contributed by atoms with E-state index in [0.29, 0.717) is 5.57 Å². The summed E-state index contributed by atoms with van der Waals surface area (Å²) in [5, 5.41) is 11.1. The van der Waals surface area contributed by atoms with E-state index in [9.17, 15) is 5.11 Å². The van der Waals surface area contributed by atoms with E-state index in [0.717, 1.165) is 0 Å². The Hall–Kier alpha value is -0.700. The van der Waals surface area contributed by atoms with Crippen LogP contribution in [0.1, 0.15) is 20.8 Å². The van der Waals surface area contributed by atoms with Crippen LogP contribution in [0.25, 0.3) is 0 Å². The Balaban J connectivity index is 4.51. The second-order valence-corrected chi connectivity index (χ2v) is 3.07. The van der Waals surface area contributed by atoms with Gasteiger partial charge in [-0.25, -0.2) is 5.11 Å². The molecule has 0 amide bonds. The van der Waals surface area contributed by atoms with Crippen molar-refractivity contribution in [3.63, 3.8) is 0 Å². The Morgan fingerprint density at radius 3 is 2.00 bits per heavy atom. The third-order valence-electron chi connectivity index (χ3n) is 1.79. The van der Waals surface area contributed by atoms with Gasteiger partial charge in [0.25, 0.3) is 0 Å². The zero-order chi connectivity index (χ0) is 9.72. The molecule has 1 radical (unpaired) electrons. The molecule has 0 aliphatic rings. The Bertz CT molecular complexity index is 161. The molecular weight excluding hydrogens is 156 g/mol. The summed E-state index contributed by atoms with van der Waals surface area (Å²) < 4.78 is 9.75. The molecule has 0 saturated heterocycles. The third-order valence-corrected chi connectivity index (χ3v) is 1.79. The van der Waals surface area contributed by atoms with Gasteiger partial charge in [0.1, 0.15) is 0 Å². The molecule has 0 spiro atoms. The first-order chi connectivity index (χ1) is 5.54. The minimum atomic E-state index is -0.296. The summed E-state index contributed by atoms with van der Waals surface area (Å²) in [6, 6.07) is 0. The molecular formula is C9H17O3. The Labute approximate surface area is 74.0 Å². The van der Waals surface area contributed by atoms with Crippen LogP contribution in [0.2, 0.25) is 0 Å². The number of hydrogen-bond acceptors (Lipinski definition) is 2. The first-order valence-electron chi connectivity index (χ1n) is 3.99. The van der Waals surface area contributed by atoms with Gasteiger partial charge in [0.2, 0.25) is 0 Å². The number of methoxy groups -OCH3 is 2. The highest BCUT2D eigenvalue weighted by atomic mass is 16.6. The Morgan fingerprint density at radius 2 is 1.75 bits per heavy atom. The van der Waals surface area contributed by atoms with E-state index >= 15 is 0 Å². The van der Waals surface area contributed by atoms with Crippen molar-refractivity contribution in [3.8, 4) is 0 Å². The maximum atomic E-state index is 11.1. The topological polar surface area (TPSA) is 38.4 Å². The predicted octanol–water partition coefficient (Wildman–Crippen LogP) is 1.97. The molecule has 0 aliphatic heterocycles. The van der Waals surface area contributed by atoms with Crippen LogP contribution in [0.3, 0.4) is 0 Å². The fourth-order valence-corrected chi connectivity index (χ4v) is 1.23. The lowest BCUT2D eigenvalue weighted by molar-refractivity contribution is 0.0484. The van der Waals surface area contributed by atoms with Crippen LogP contribution < -0.4 is 0 Å². The molecule has 71 valence electrons. The summed E-state index contributed by atoms with van der Waals surface area (Å²) in [6.07, 6.45) is -0.141. The van der Waals surface area contributed by atoms with Gasteiger partial charge < -0.3 is 9.47 Å². The second-order valence-electron chi connectivity index (χ2n) is 3.07. The molecule has 0 aliphatic carbocycles. The Kier molecular flexibility index (Phi) is 4.74. The monoisotopic (exact) mass is 173 g/mol. The highest BCUT2D eigenvalue weighted by molar-refractivity contribution is 5.06. The molecule has 0 unspecified atom stereocenters. The number of rotatable bonds is 4. The van der Waals surface area contributed by atoms with Gasteiger partial charge in [0.15, 0.2) is 0 Å². The zero-order valence-electron chi connectivity index (χ0n) is 8.38. The fourth-order valence-electron chi connectivity index (χ4n) is 1.23. The predicted molar refractivity (Wildman–Crippen MR) is 46.0 cm³/mol. The summed E-state index contributed by atoms with van der Waals surface area (Å²) in [7, 11) is 2.97. The van der Waals surface area contributed by atoms with E-state index in [1.807, 2.05) is 13.8 Å². The molecule has 0 aromatic carbocycles. The van der Waals surface area contributed by atoms with E-state index in [2.05, 4.69) is 4.74 Å². The van der Waals surface area contributed by atoms with Crippen molar-refractivity contribution >= 4 is 0 Å². The molecule has 0 fully saturated rings. The molecule has 0 aromatic rings. The van der Waals surface area contributed by atoms with Crippen LogP contribution in [-0.2, 0) is 14.6 Å². The van der Waals surface area contributed by atoms with Gasteiger partial charge in [-0.3, -0.25) is 0 Å². The molecule has 0 saturated carbocycles. The van der Waals surface area contributed by atoms with Crippen LogP contribution in [0.4, 0.5) is 0 Å². The normalized spacial score (nSPS) is 15.8. The largest absolute Gasteiger partial charge is 0.466 e. The summed E-state index contributed by atoms with van der Waals surface area (Å²) >= 11 is 0. The molecule has 0 N–H and O–H groups in total. The van der Waals surface area contributed by atoms with Crippen molar-refractivity contribution in [1.29, 1.82) is 0 Å². The van der Waals surface area contributed by atoms with Crippen molar-refractivity contribution in [2.45, 2.75) is 26.9 Å². The lowest BCUT2D eigenvalue weighted by Gasteiger charge is -2.19. The second kappa shape index (κ2) is 5.04. The molecule has 12 heavy (non-hydrogen) atoms. The van der Waals surface area contributed by atoms with Crippen LogP contribution in [0.15, 0.2) is 11.5 Å². The molecule has 1 atom stereocenters. The maximum Gasteiger partial charge on any atom is 0.331 e. The smallest absolute Gasteiger partial charge is 0.331 e. The summed E-state index contributed by atoms with van der Waals surface area (Å²) in [6.45, 7) is 5.74. The standard InChI is InChI=1S/C9H17O3/c1-6(2)8(11-4)7(3)9(10)12-5/h6,8H,1-5H3/t8-/m1/s1. The van der Waals surface area contributed by atoms with E-state index in [1.54, 1.807) is 14.0 Å². The van der Waals surface area contributed by atoms with Gasteiger partial charge in [-0.05, 0) is 12.8 Å². The molecule has 3 heteroatoms. The average Bonchev–Trinajstić information content (AvgIpc) is 2.03. The van der Waals surface area contributed by atoms with Gasteiger partial charge in [0, 0.05) is 12.7 Å². The highest BCUT2D eigenvalue weighted by Gasteiger charge is 2.19. The fraction of sp³-hybridized carbons (Fsp3) is 0.778. The van der Waals surface area contributed by atoms with E-state index in [-0.39, 0.29) is 18.0 Å².